The molecule has 3 aromatic rings. The third-order valence-corrected chi connectivity index (χ3v) is 4.02. The number of rotatable bonds is 6. The van der Waals surface area contributed by atoms with Gasteiger partial charge in [-0.2, -0.15) is 5.10 Å². The SMILES string of the molecule is COc1ccc(-c2cncc(C(=O)N/N=C/c3cccc(N(C)C)c3)n2)cc1. The minimum Gasteiger partial charge on any atom is -0.497 e. The second-order valence-corrected chi connectivity index (χ2v) is 6.21. The molecule has 7 heteroatoms. The van der Waals surface area contributed by atoms with E-state index < -0.39 is 5.91 Å². The topological polar surface area (TPSA) is 79.7 Å². The summed E-state index contributed by atoms with van der Waals surface area (Å²) in [5, 5.41) is 4.02. The Morgan fingerprint density at radius 3 is 2.64 bits per heavy atom. The Bertz CT molecular complexity index is 984. The number of aromatic nitrogens is 2. The average Bonchev–Trinajstić information content (AvgIpc) is 2.74. The molecule has 1 aromatic heterocycles. The molecule has 28 heavy (non-hydrogen) atoms. The van der Waals surface area contributed by atoms with Crippen LogP contribution in [0.3, 0.4) is 0 Å². The van der Waals surface area contributed by atoms with E-state index in [1.807, 2.05) is 67.5 Å². The molecule has 2 aromatic carbocycles. The maximum absolute atomic E-state index is 12.3. The first kappa shape index (κ1) is 19.0. The summed E-state index contributed by atoms with van der Waals surface area (Å²) in [5.74, 6) is 0.321. The van der Waals surface area contributed by atoms with Crippen LogP contribution < -0.4 is 15.1 Å². The molecule has 0 unspecified atom stereocenters. The normalized spacial score (nSPS) is 10.7. The molecule has 1 amide bonds. The van der Waals surface area contributed by atoms with Gasteiger partial charge in [0.05, 0.1) is 31.4 Å². The number of amides is 1. The molecule has 1 heterocycles. The Morgan fingerprint density at radius 1 is 1.14 bits per heavy atom. The smallest absolute Gasteiger partial charge is 0.291 e. The van der Waals surface area contributed by atoms with Gasteiger partial charge >= 0.3 is 0 Å². The van der Waals surface area contributed by atoms with Crippen molar-refractivity contribution in [3.05, 3.63) is 72.2 Å². The molecule has 3 rings (SSSR count). The summed E-state index contributed by atoms with van der Waals surface area (Å²) in [6, 6.07) is 15.2. The minimum atomic E-state index is -0.428. The lowest BCUT2D eigenvalue weighted by molar-refractivity contribution is 0.0950. The van der Waals surface area contributed by atoms with Crippen LogP contribution in [-0.4, -0.2) is 43.3 Å². The molecule has 0 saturated heterocycles. The van der Waals surface area contributed by atoms with E-state index in [4.69, 9.17) is 4.74 Å². The number of methoxy groups -OCH3 is 1. The van der Waals surface area contributed by atoms with E-state index in [-0.39, 0.29) is 5.69 Å². The van der Waals surface area contributed by atoms with Crippen LogP contribution in [0.5, 0.6) is 5.75 Å². The van der Waals surface area contributed by atoms with Gasteiger partial charge in [-0.15, -0.1) is 0 Å². The maximum atomic E-state index is 12.3. The van der Waals surface area contributed by atoms with Gasteiger partial charge in [0.15, 0.2) is 0 Å². The molecule has 0 fully saturated rings. The van der Waals surface area contributed by atoms with E-state index in [9.17, 15) is 4.79 Å². The van der Waals surface area contributed by atoms with Crippen LogP contribution in [0.4, 0.5) is 5.69 Å². The Hall–Kier alpha value is -3.74. The molecule has 0 aliphatic rings. The first-order chi connectivity index (χ1) is 13.6. The summed E-state index contributed by atoms with van der Waals surface area (Å²) in [7, 11) is 5.54. The van der Waals surface area contributed by atoms with Crippen molar-refractivity contribution >= 4 is 17.8 Å². The molecular formula is C21H21N5O2. The molecule has 0 atom stereocenters. The molecular weight excluding hydrogens is 354 g/mol. The third-order valence-electron chi connectivity index (χ3n) is 4.02. The Morgan fingerprint density at radius 2 is 1.93 bits per heavy atom. The van der Waals surface area contributed by atoms with Crippen molar-refractivity contribution in [1.29, 1.82) is 0 Å². The van der Waals surface area contributed by atoms with Gasteiger partial charge in [-0.25, -0.2) is 10.4 Å². The lowest BCUT2D eigenvalue weighted by Gasteiger charge is -2.12. The lowest BCUT2D eigenvalue weighted by atomic mass is 10.1. The average molecular weight is 375 g/mol. The lowest BCUT2D eigenvalue weighted by Crippen LogP contribution is -2.19. The van der Waals surface area contributed by atoms with Gasteiger partial charge in [0, 0.05) is 25.3 Å². The molecule has 1 N–H and O–H groups in total. The fourth-order valence-corrected chi connectivity index (χ4v) is 2.48. The van der Waals surface area contributed by atoms with E-state index in [2.05, 4.69) is 20.5 Å². The van der Waals surface area contributed by atoms with Gasteiger partial charge in [-0.05, 0) is 42.0 Å². The summed E-state index contributed by atoms with van der Waals surface area (Å²) in [6.07, 6.45) is 4.60. The number of nitrogens with one attached hydrogen (secondary N) is 1. The van der Waals surface area contributed by atoms with Gasteiger partial charge in [-0.3, -0.25) is 9.78 Å². The number of hydrogen-bond acceptors (Lipinski definition) is 6. The Balaban J connectivity index is 1.70. The summed E-state index contributed by atoms with van der Waals surface area (Å²) in [6.45, 7) is 0. The number of hydrazone groups is 1. The highest BCUT2D eigenvalue weighted by Gasteiger charge is 2.09. The first-order valence-corrected chi connectivity index (χ1v) is 8.64. The fraction of sp³-hybridized carbons (Fsp3) is 0.143. The van der Waals surface area contributed by atoms with Crippen LogP contribution in [0.2, 0.25) is 0 Å². The van der Waals surface area contributed by atoms with Crippen molar-refractivity contribution in [3.63, 3.8) is 0 Å². The standard InChI is InChI=1S/C21H21N5O2/c1-26(2)17-6-4-5-15(11-17)12-23-25-21(27)20-14-22-13-19(24-20)16-7-9-18(28-3)10-8-16/h4-14H,1-3H3,(H,25,27)/b23-12+. The van der Waals surface area contributed by atoms with Crippen molar-refractivity contribution in [2.75, 3.05) is 26.1 Å². The van der Waals surface area contributed by atoms with E-state index in [1.165, 1.54) is 6.20 Å². The molecule has 0 spiro atoms. The van der Waals surface area contributed by atoms with Crippen LogP contribution in [0, 0.1) is 0 Å². The Labute approximate surface area is 163 Å². The number of anilines is 1. The van der Waals surface area contributed by atoms with Crippen LogP contribution >= 0.6 is 0 Å². The summed E-state index contributed by atoms with van der Waals surface area (Å²) >= 11 is 0. The van der Waals surface area contributed by atoms with Crippen molar-refractivity contribution in [1.82, 2.24) is 15.4 Å². The number of hydrogen-bond donors (Lipinski definition) is 1. The second kappa shape index (κ2) is 8.77. The molecule has 7 nitrogen and oxygen atoms in total. The first-order valence-electron chi connectivity index (χ1n) is 8.64. The molecule has 0 radical (unpaired) electrons. The number of nitrogens with zero attached hydrogens (tertiary/aromatic N) is 4. The van der Waals surface area contributed by atoms with Gasteiger partial charge in [0.25, 0.3) is 5.91 Å². The number of carbonyl (C=O) groups excluding carboxylic acids is 1. The minimum absolute atomic E-state index is 0.188. The van der Waals surface area contributed by atoms with Crippen LogP contribution in [-0.2, 0) is 0 Å². The van der Waals surface area contributed by atoms with E-state index in [1.54, 1.807) is 19.5 Å². The second-order valence-electron chi connectivity index (χ2n) is 6.21. The number of ether oxygens (including phenoxy) is 1. The van der Waals surface area contributed by atoms with E-state index in [0.29, 0.717) is 5.69 Å². The molecule has 0 aliphatic carbocycles. The van der Waals surface area contributed by atoms with Crippen LogP contribution in [0.1, 0.15) is 16.1 Å². The predicted molar refractivity (Wildman–Crippen MR) is 110 cm³/mol. The summed E-state index contributed by atoms with van der Waals surface area (Å²) in [5.41, 5.74) is 6.04. The summed E-state index contributed by atoms with van der Waals surface area (Å²) < 4.78 is 5.15. The zero-order chi connectivity index (χ0) is 19.9. The van der Waals surface area contributed by atoms with Gasteiger partial charge in [0.1, 0.15) is 11.4 Å². The van der Waals surface area contributed by atoms with Crippen molar-refractivity contribution < 1.29 is 9.53 Å². The molecule has 0 aliphatic heterocycles. The predicted octanol–water partition coefficient (Wildman–Crippen LogP) is 2.98. The highest BCUT2D eigenvalue weighted by Crippen LogP contribution is 2.20. The summed E-state index contributed by atoms with van der Waals surface area (Å²) in [4.78, 5) is 22.8. The molecule has 0 bridgehead atoms. The fourth-order valence-electron chi connectivity index (χ4n) is 2.48. The van der Waals surface area contributed by atoms with E-state index >= 15 is 0 Å². The highest BCUT2D eigenvalue weighted by molar-refractivity contribution is 5.93. The Kier molecular flexibility index (Phi) is 5.96. The quantitative estimate of drug-likeness (QED) is 0.529. The molecule has 0 saturated carbocycles. The van der Waals surface area contributed by atoms with Crippen LogP contribution in [0.25, 0.3) is 11.3 Å². The van der Waals surface area contributed by atoms with Crippen LogP contribution in [0.15, 0.2) is 66.0 Å². The zero-order valence-corrected chi connectivity index (χ0v) is 16.0. The zero-order valence-electron chi connectivity index (χ0n) is 16.0. The van der Waals surface area contributed by atoms with Crippen molar-refractivity contribution in [2.45, 2.75) is 0 Å². The van der Waals surface area contributed by atoms with Gasteiger partial charge in [-0.1, -0.05) is 12.1 Å². The highest BCUT2D eigenvalue weighted by atomic mass is 16.5. The molecule has 142 valence electrons. The van der Waals surface area contributed by atoms with Gasteiger partial charge < -0.3 is 9.64 Å². The largest absolute Gasteiger partial charge is 0.497 e. The monoisotopic (exact) mass is 375 g/mol. The third kappa shape index (κ3) is 4.70. The van der Waals surface area contributed by atoms with E-state index in [0.717, 1.165) is 22.6 Å². The number of benzene rings is 2. The number of carbonyl (C=O) groups is 1. The maximum Gasteiger partial charge on any atom is 0.291 e. The van der Waals surface area contributed by atoms with Gasteiger partial charge in [0.2, 0.25) is 0 Å². The van der Waals surface area contributed by atoms with Crippen molar-refractivity contribution in [2.24, 2.45) is 5.10 Å². The van der Waals surface area contributed by atoms with Crippen molar-refractivity contribution in [3.8, 4) is 17.0 Å².